The molecule has 1 heterocycles. The van der Waals surface area contributed by atoms with Gasteiger partial charge in [0.2, 0.25) is 15.9 Å². The van der Waals surface area contributed by atoms with Gasteiger partial charge in [0.15, 0.2) is 0 Å². The lowest BCUT2D eigenvalue weighted by Crippen LogP contribution is -2.45. The van der Waals surface area contributed by atoms with Crippen LogP contribution in [0.5, 0.6) is 5.75 Å². The maximum Gasteiger partial charge on any atom is 0.243 e. The highest BCUT2D eigenvalue weighted by molar-refractivity contribution is 7.89. The van der Waals surface area contributed by atoms with Gasteiger partial charge in [0.1, 0.15) is 5.75 Å². The Morgan fingerprint density at radius 3 is 2.58 bits per heavy atom. The Bertz CT molecular complexity index is 1210. The van der Waals surface area contributed by atoms with Gasteiger partial charge in [0.25, 0.3) is 0 Å². The van der Waals surface area contributed by atoms with E-state index in [9.17, 15) is 13.2 Å². The smallest absolute Gasteiger partial charge is 0.243 e. The van der Waals surface area contributed by atoms with Crippen molar-refractivity contribution in [2.75, 3.05) is 32.1 Å². The zero-order valence-electron chi connectivity index (χ0n) is 17.7. The molecule has 1 atom stereocenters. The van der Waals surface area contributed by atoms with Gasteiger partial charge >= 0.3 is 0 Å². The molecule has 3 aromatic rings. The third-order valence-corrected chi connectivity index (χ3v) is 7.72. The molecule has 6 nitrogen and oxygen atoms in total. The molecule has 0 radical (unpaired) electrons. The first-order valence-electron chi connectivity index (χ1n) is 10.3. The number of sulfonamides is 1. The first-order valence-corrected chi connectivity index (χ1v) is 11.7. The Morgan fingerprint density at radius 2 is 1.81 bits per heavy atom. The van der Waals surface area contributed by atoms with Crippen LogP contribution in [0.4, 0.5) is 5.69 Å². The lowest BCUT2D eigenvalue weighted by Gasteiger charge is -2.33. The maximum atomic E-state index is 13.3. The van der Waals surface area contributed by atoms with Crippen molar-refractivity contribution in [3.8, 4) is 5.75 Å². The van der Waals surface area contributed by atoms with Gasteiger partial charge in [0.05, 0.1) is 17.9 Å². The number of hydrogen-bond acceptors (Lipinski definition) is 4. The van der Waals surface area contributed by atoms with E-state index in [4.69, 9.17) is 4.74 Å². The van der Waals surface area contributed by atoms with Gasteiger partial charge in [-0.05, 0) is 47.9 Å². The van der Waals surface area contributed by atoms with Crippen molar-refractivity contribution in [1.29, 1.82) is 0 Å². The van der Waals surface area contributed by atoms with Crippen molar-refractivity contribution in [3.05, 3.63) is 66.7 Å². The minimum atomic E-state index is -3.68. The topological polar surface area (TPSA) is 66.9 Å². The second kappa shape index (κ2) is 8.69. The fourth-order valence-corrected chi connectivity index (χ4v) is 5.62. The third-order valence-electron chi connectivity index (χ3n) is 5.86. The van der Waals surface area contributed by atoms with Gasteiger partial charge in [-0.15, -0.1) is 0 Å². The van der Waals surface area contributed by atoms with Crippen LogP contribution < -0.4 is 9.64 Å². The molecular formula is C24H26N2O4S. The lowest BCUT2D eigenvalue weighted by atomic mass is 9.98. The van der Waals surface area contributed by atoms with Gasteiger partial charge in [0, 0.05) is 31.9 Å². The molecule has 1 fully saturated rings. The van der Waals surface area contributed by atoms with Crippen molar-refractivity contribution >= 4 is 32.4 Å². The zero-order chi connectivity index (χ0) is 22.0. The predicted molar refractivity (Wildman–Crippen MR) is 122 cm³/mol. The molecular weight excluding hydrogens is 412 g/mol. The van der Waals surface area contributed by atoms with Crippen LogP contribution in [0.25, 0.3) is 10.8 Å². The molecule has 3 aromatic carbocycles. The largest absolute Gasteiger partial charge is 0.497 e. The molecule has 0 unspecified atom stereocenters. The Morgan fingerprint density at radius 1 is 1.03 bits per heavy atom. The molecule has 4 rings (SSSR count). The maximum absolute atomic E-state index is 13.3. The lowest BCUT2D eigenvalue weighted by molar-refractivity contribution is -0.123. The van der Waals surface area contributed by atoms with Crippen molar-refractivity contribution in [3.63, 3.8) is 0 Å². The summed E-state index contributed by atoms with van der Waals surface area (Å²) < 4.78 is 33.3. The minimum Gasteiger partial charge on any atom is -0.497 e. The SMILES string of the molecule is COc1cccc(N(C)C(=O)[C@H]2CCCN(S(=O)(=O)c3ccc4ccccc4c3)C2)c1. The zero-order valence-corrected chi connectivity index (χ0v) is 18.5. The molecule has 7 heteroatoms. The Labute approximate surface area is 183 Å². The quantitative estimate of drug-likeness (QED) is 0.606. The van der Waals surface area contributed by atoms with E-state index >= 15 is 0 Å². The minimum absolute atomic E-state index is 0.0911. The molecule has 0 saturated carbocycles. The monoisotopic (exact) mass is 438 g/mol. The average molecular weight is 439 g/mol. The van der Waals surface area contributed by atoms with Crippen LogP contribution in [-0.4, -0.2) is 45.9 Å². The van der Waals surface area contributed by atoms with Crippen LogP contribution >= 0.6 is 0 Å². The molecule has 1 aliphatic heterocycles. The Kier molecular flexibility index (Phi) is 5.98. The van der Waals surface area contributed by atoms with Crippen molar-refractivity contribution in [2.45, 2.75) is 17.7 Å². The first-order chi connectivity index (χ1) is 14.9. The van der Waals surface area contributed by atoms with Gasteiger partial charge in [-0.1, -0.05) is 36.4 Å². The normalized spacial score (nSPS) is 17.4. The first kappa shape index (κ1) is 21.3. The summed E-state index contributed by atoms with van der Waals surface area (Å²) in [6, 6.07) is 20.1. The number of benzene rings is 3. The van der Waals surface area contributed by atoms with Gasteiger partial charge in [-0.2, -0.15) is 4.31 Å². The summed E-state index contributed by atoms with van der Waals surface area (Å²) in [5, 5.41) is 1.87. The highest BCUT2D eigenvalue weighted by Gasteiger charge is 2.34. The summed E-state index contributed by atoms with van der Waals surface area (Å²) >= 11 is 0. The number of carbonyl (C=O) groups is 1. The van der Waals surface area contributed by atoms with Gasteiger partial charge in [-0.3, -0.25) is 4.79 Å². The number of anilines is 1. The highest BCUT2D eigenvalue weighted by Crippen LogP contribution is 2.28. The number of piperidine rings is 1. The molecule has 0 aliphatic carbocycles. The van der Waals surface area contributed by atoms with Crippen LogP contribution in [0.2, 0.25) is 0 Å². The fraction of sp³-hybridized carbons (Fsp3) is 0.292. The summed E-state index contributed by atoms with van der Waals surface area (Å²) in [5.41, 5.74) is 0.721. The van der Waals surface area contributed by atoms with E-state index in [1.165, 1.54) is 4.31 Å². The number of fused-ring (bicyclic) bond motifs is 1. The number of hydrogen-bond donors (Lipinski definition) is 0. The standard InChI is InChI=1S/C24H26N2O4S/c1-25(21-10-5-11-22(16-21)30-2)24(27)20-9-6-14-26(17-20)31(28,29)23-13-12-18-7-3-4-8-19(18)15-23/h3-5,7-8,10-13,15-16,20H,6,9,14,17H2,1-2H3/t20-/m0/s1. The summed E-state index contributed by atoms with van der Waals surface area (Å²) in [4.78, 5) is 15.0. The van der Waals surface area contributed by atoms with E-state index in [-0.39, 0.29) is 23.3 Å². The predicted octanol–water partition coefficient (Wildman–Crippen LogP) is 3.91. The van der Waals surface area contributed by atoms with Crippen LogP contribution in [0.1, 0.15) is 12.8 Å². The van der Waals surface area contributed by atoms with E-state index in [0.29, 0.717) is 25.1 Å². The number of carbonyl (C=O) groups excluding carboxylic acids is 1. The van der Waals surface area contributed by atoms with E-state index in [2.05, 4.69) is 0 Å². The van der Waals surface area contributed by atoms with E-state index in [0.717, 1.165) is 16.5 Å². The van der Waals surface area contributed by atoms with Gasteiger partial charge in [-0.25, -0.2) is 8.42 Å². The molecule has 0 bridgehead atoms. The molecule has 1 saturated heterocycles. The van der Waals surface area contributed by atoms with Gasteiger partial charge < -0.3 is 9.64 Å². The second-order valence-corrected chi connectivity index (χ2v) is 9.75. The molecule has 1 aliphatic rings. The number of amides is 1. The summed E-state index contributed by atoms with van der Waals surface area (Å²) in [5.74, 6) is 0.188. The van der Waals surface area contributed by atoms with E-state index in [1.54, 1.807) is 37.3 Å². The van der Waals surface area contributed by atoms with Crippen molar-refractivity contribution < 1.29 is 17.9 Å². The van der Waals surface area contributed by atoms with E-state index < -0.39 is 10.0 Å². The number of methoxy groups -OCH3 is 1. The molecule has 0 spiro atoms. The number of ether oxygens (including phenoxy) is 1. The molecule has 0 N–H and O–H groups in total. The van der Waals surface area contributed by atoms with Crippen molar-refractivity contribution in [1.82, 2.24) is 4.31 Å². The Hall–Kier alpha value is -2.90. The van der Waals surface area contributed by atoms with Crippen molar-refractivity contribution in [2.24, 2.45) is 5.92 Å². The average Bonchev–Trinajstić information content (AvgIpc) is 2.82. The second-order valence-electron chi connectivity index (χ2n) is 7.81. The summed E-state index contributed by atoms with van der Waals surface area (Å²) in [6.45, 7) is 0.601. The number of rotatable bonds is 5. The molecule has 1 amide bonds. The summed E-state index contributed by atoms with van der Waals surface area (Å²) in [7, 11) is -0.381. The molecule has 162 valence electrons. The van der Waals surface area contributed by atoms with Crippen LogP contribution in [0, 0.1) is 5.92 Å². The van der Waals surface area contributed by atoms with Crippen LogP contribution in [0.3, 0.4) is 0 Å². The van der Waals surface area contributed by atoms with Crippen LogP contribution in [0.15, 0.2) is 71.6 Å². The summed E-state index contributed by atoms with van der Waals surface area (Å²) in [6.07, 6.45) is 1.31. The molecule has 31 heavy (non-hydrogen) atoms. The highest BCUT2D eigenvalue weighted by atomic mass is 32.2. The third kappa shape index (κ3) is 4.29. The molecule has 0 aromatic heterocycles. The van der Waals surface area contributed by atoms with Crippen LogP contribution in [-0.2, 0) is 14.8 Å². The number of nitrogens with zero attached hydrogens (tertiary/aromatic N) is 2. The van der Waals surface area contributed by atoms with E-state index in [1.807, 2.05) is 48.5 Å². The Balaban J connectivity index is 1.54. The fourth-order valence-electron chi connectivity index (χ4n) is 4.06.